The third-order valence-corrected chi connectivity index (χ3v) is 6.51. The molecule has 2 fully saturated rings. The lowest BCUT2D eigenvalue weighted by molar-refractivity contribution is -0.126. The van der Waals surface area contributed by atoms with Crippen molar-refractivity contribution in [2.24, 2.45) is 11.8 Å². The molecule has 2 aliphatic heterocycles. The first kappa shape index (κ1) is 22.0. The van der Waals surface area contributed by atoms with Gasteiger partial charge in [0.15, 0.2) is 0 Å². The quantitative estimate of drug-likeness (QED) is 0.655. The summed E-state index contributed by atoms with van der Waals surface area (Å²) in [5.74, 6) is 2.41. The van der Waals surface area contributed by atoms with Crippen LogP contribution in [0.15, 0.2) is 34.9 Å². The maximum atomic E-state index is 12.5. The normalized spacial score (nSPS) is 21.3. The summed E-state index contributed by atoms with van der Waals surface area (Å²) in [7, 11) is 0. The average Bonchev–Trinajstić information content (AvgIpc) is 3.26. The van der Waals surface area contributed by atoms with E-state index in [1.165, 1.54) is 25.9 Å². The van der Waals surface area contributed by atoms with E-state index in [-0.39, 0.29) is 11.8 Å². The molecular weight excluding hydrogens is 390 g/mol. The van der Waals surface area contributed by atoms with Crippen LogP contribution in [0, 0.1) is 11.8 Å². The van der Waals surface area contributed by atoms with Crippen LogP contribution in [0.2, 0.25) is 0 Å². The van der Waals surface area contributed by atoms with E-state index in [9.17, 15) is 4.79 Å². The van der Waals surface area contributed by atoms with Crippen molar-refractivity contribution >= 4 is 5.91 Å². The first-order valence-corrected chi connectivity index (χ1v) is 11.8. The van der Waals surface area contributed by atoms with Gasteiger partial charge in [-0.1, -0.05) is 42.4 Å². The van der Waals surface area contributed by atoms with Gasteiger partial charge in [0.25, 0.3) is 0 Å². The molecule has 4 rings (SSSR count). The van der Waals surface area contributed by atoms with Crippen LogP contribution in [0.5, 0.6) is 0 Å². The third-order valence-electron chi connectivity index (χ3n) is 6.51. The smallest absolute Gasteiger partial charge is 0.241 e. The summed E-state index contributed by atoms with van der Waals surface area (Å²) in [6.45, 7) is 9.04. The molecule has 0 aliphatic carbocycles. The molecule has 1 N–H and O–H groups in total. The lowest BCUT2D eigenvalue weighted by Crippen LogP contribution is -2.41. The van der Waals surface area contributed by atoms with Gasteiger partial charge in [0.2, 0.25) is 17.6 Å². The summed E-state index contributed by atoms with van der Waals surface area (Å²) < 4.78 is 5.43. The molecule has 1 amide bonds. The molecule has 2 saturated heterocycles. The molecule has 0 bridgehead atoms. The van der Waals surface area contributed by atoms with Gasteiger partial charge in [0.05, 0.1) is 6.54 Å². The largest absolute Gasteiger partial charge is 0.356 e. The second-order valence-electron chi connectivity index (χ2n) is 9.12. The van der Waals surface area contributed by atoms with Crippen LogP contribution >= 0.6 is 0 Å². The Morgan fingerprint density at radius 3 is 2.71 bits per heavy atom. The predicted molar refractivity (Wildman–Crippen MR) is 120 cm³/mol. The first-order chi connectivity index (χ1) is 15.2. The van der Waals surface area contributed by atoms with Gasteiger partial charge in [-0.25, -0.2) is 0 Å². The molecule has 2 aromatic rings. The van der Waals surface area contributed by atoms with Crippen molar-refractivity contribution in [1.29, 1.82) is 0 Å². The Hall–Kier alpha value is -2.25. The molecule has 0 saturated carbocycles. The fraction of sp³-hybridized carbons (Fsp3) is 0.625. The number of hydrogen-bond acceptors (Lipinski definition) is 6. The SMILES string of the molecule is CC1CCCN(CCCNC(=O)C2CCN(Cc3nc(-c4ccccc4)no3)CC2)C1. The summed E-state index contributed by atoms with van der Waals surface area (Å²) >= 11 is 0. The zero-order valence-electron chi connectivity index (χ0n) is 18.6. The zero-order valence-corrected chi connectivity index (χ0v) is 18.6. The molecule has 1 aromatic carbocycles. The van der Waals surface area contributed by atoms with Crippen molar-refractivity contribution in [2.75, 3.05) is 39.3 Å². The van der Waals surface area contributed by atoms with Crippen LogP contribution in [0.4, 0.5) is 0 Å². The number of nitrogens with zero attached hydrogens (tertiary/aromatic N) is 4. The van der Waals surface area contributed by atoms with Crippen molar-refractivity contribution in [2.45, 2.75) is 45.6 Å². The molecule has 31 heavy (non-hydrogen) atoms. The number of benzene rings is 1. The second kappa shape index (κ2) is 10.9. The number of piperidine rings is 2. The molecule has 2 aliphatic rings. The summed E-state index contributed by atoms with van der Waals surface area (Å²) in [5, 5.41) is 7.26. The highest BCUT2D eigenvalue weighted by Gasteiger charge is 2.26. The van der Waals surface area contributed by atoms with Crippen LogP contribution in [0.25, 0.3) is 11.4 Å². The van der Waals surface area contributed by atoms with Crippen molar-refractivity contribution in [3.8, 4) is 11.4 Å². The van der Waals surface area contributed by atoms with Gasteiger partial charge in [-0.2, -0.15) is 4.98 Å². The fourth-order valence-corrected chi connectivity index (χ4v) is 4.72. The number of aromatic nitrogens is 2. The number of carbonyl (C=O) groups excluding carboxylic acids is 1. The van der Waals surface area contributed by atoms with Crippen molar-refractivity contribution in [3.05, 3.63) is 36.2 Å². The molecule has 0 spiro atoms. The molecule has 7 nitrogen and oxygen atoms in total. The zero-order chi connectivity index (χ0) is 21.5. The van der Waals surface area contributed by atoms with E-state index in [0.717, 1.165) is 56.9 Å². The summed E-state index contributed by atoms with van der Waals surface area (Å²) in [5.41, 5.74) is 0.961. The highest BCUT2D eigenvalue weighted by molar-refractivity contribution is 5.78. The van der Waals surface area contributed by atoms with Gasteiger partial charge in [-0.15, -0.1) is 0 Å². The van der Waals surface area contributed by atoms with Gasteiger partial charge < -0.3 is 14.7 Å². The Morgan fingerprint density at radius 1 is 1.13 bits per heavy atom. The van der Waals surface area contributed by atoms with Crippen LogP contribution in [-0.2, 0) is 11.3 Å². The first-order valence-electron chi connectivity index (χ1n) is 11.8. The van der Waals surface area contributed by atoms with Gasteiger partial charge in [-0.3, -0.25) is 9.69 Å². The maximum Gasteiger partial charge on any atom is 0.241 e. The fourth-order valence-electron chi connectivity index (χ4n) is 4.72. The van der Waals surface area contributed by atoms with Gasteiger partial charge >= 0.3 is 0 Å². The Kier molecular flexibility index (Phi) is 7.70. The van der Waals surface area contributed by atoms with E-state index < -0.39 is 0 Å². The predicted octanol–water partition coefficient (Wildman–Crippen LogP) is 3.19. The summed E-state index contributed by atoms with van der Waals surface area (Å²) in [4.78, 5) is 21.9. The second-order valence-corrected chi connectivity index (χ2v) is 9.12. The van der Waals surface area contributed by atoms with Crippen LogP contribution in [-0.4, -0.2) is 65.1 Å². The standard InChI is InChI=1S/C24H35N5O2/c1-19-7-5-13-28(17-19)14-6-12-25-24(30)21-10-15-29(16-11-21)18-22-26-23(27-31-22)20-8-3-2-4-9-20/h2-4,8-9,19,21H,5-7,10-18H2,1H3,(H,25,30). The van der Waals surface area contributed by atoms with Crippen LogP contribution in [0.3, 0.4) is 0 Å². The highest BCUT2D eigenvalue weighted by atomic mass is 16.5. The van der Waals surface area contributed by atoms with Crippen molar-refractivity contribution < 1.29 is 9.32 Å². The monoisotopic (exact) mass is 425 g/mol. The number of amides is 1. The van der Waals surface area contributed by atoms with Crippen LogP contribution in [0.1, 0.15) is 44.9 Å². The van der Waals surface area contributed by atoms with Gasteiger partial charge in [0, 0.05) is 24.6 Å². The van der Waals surface area contributed by atoms with E-state index in [0.29, 0.717) is 18.3 Å². The van der Waals surface area contributed by atoms with Gasteiger partial charge in [-0.05, 0) is 64.2 Å². The molecule has 1 aromatic heterocycles. The average molecular weight is 426 g/mol. The molecule has 168 valence electrons. The number of likely N-dealkylation sites (tertiary alicyclic amines) is 2. The highest BCUT2D eigenvalue weighted by Crippen LogP contribution is 2.21. The summed E-state index contributed by atoms with van der Waals surface area (Å²) in [6, 6.07) is 9.86. The Balaban J connectivity index is 1.13. The Bertz CT molecular complexity index is 816. The lowest BCUT2D eigenvalue weighted by atomic mass is 9.96. The van der Waals surface area contributed by atoms with E-state index in [2.05, 4.69) is 32.2 Å². The van der Waals surface area contributed by atoms with Crippen molar-refractivity contribution in [3.63, 3.8) is 0 Å². The number of rotatable bonds is 8. The lowest BCUT2D eigenvalue weighted by Gasteiger charge is -2.31. The maximum absolute atomic E-state index is 12.5. The topological polar surface area (TPSA) is 74.5 Å². The summed E-state index contributed by atoms with van der Waals surface area (Å²) in [6.07, 6.45) is 5.47. The van der Waals surface area contributed by atoms with E-state index in [1.807, 2.05) is 30.3 Å². The molecule has 1 atom stereocenters. The number of nitrogens with one attached hydrogen (secondary N) is 1. The van der Waals surface area contributed by atoms with E-state index in [1.54, 1.807) is 0 Å². The molecule has 1 unspecified atom stereocenters. The van der Waals surface area contributed by atoms with E-state index >= 15 is 0 Å². The number of carbonyl (C=O) groups is 1. The number of hydrogen-bond donors (Lipinski definition) is 1. The molecule has 7 heteroatoms. The van der Waals surface area contributed by atoms with Gasteiger partial charge in [0.1, 0.15) is 0 Å². The minimum atomic E-state index is 0.119. The Morgan fingerprint density at radius 2 is 1.94 bits per heavy atom. The van der Waals surface area contributed by atoms with E-state index in [4.69, 9.17) is 4.52 Å². The van der Waals surface area contributed by atoms with Crippen molar-refractivity contribution in [1.82, 2.24) is 25.3 Å². The minimum absolute atomic E-state index is 0.119. The molecule has 3 heterocycles. The molecular formula is C24H35N5O2. The third kappa shape index (κ3) is 6.37. The molecule has 0 radical (unpaired) electrons. The van der Waals surface area contributed by atoms with Crippen LogP contribution < -0.4 is 5.32 Å². The Labute approximate surface area is 185 Å². The minimum Gasteiger partial charge on any atom is -0.356 e.